The summed E-state index contributed by atoms with van der Waals surface area (Å²) in [7, 11) is -2.01. The van der Waals surface area contributed by atoms with Crippen LogP contribution in [0.3, 0.4) is 0 Å². The smallest absolute Gasteiger partial charge is 0.240 e. The molecule has 0 bridgehead atoms. The number of hydrogen-bond acceptors (Lipinski definition) is 3. The first-order chi connectivity index (χ1) is 10.4. The van der Waals surface area contributed by atoms with Gasteiger partial charge in [0.25, 0.3) is 0 Å². The lowest BCUT2D eigenvalue weighted by Crippen LogP contribution is -2.27. The lowest BCUT2D eigenvalue weighted by Gasteiger charge is -2.14. The Bertz CT molecular complexity index is 732. The molecule has 0 aromatic heterocycles. The molecule has 0 fully saturated rings. The lowest BCUT2D eigenvalue weighted by molar-refractivity contribution is 0.411. The van der Waals surface area contributed by atoms with Crippen molar-refractivity contribution < 1.29 is 13.2 Å². The summed E-state index contributed by atoms with van der Waals surface area (Å²) < 4.78 is 33.1. The van der Waals surface area contributed by atoms with E-state index in [4.69, 9.17) is 4.74 Å². The van der Waals surface area contributed by atoms with Crippen molar-refractivity contribution in [3.8, 4) is 5.75 Å². The van der Waals surface area contributed by atoms with Gasteiger partial charge in [0.1, 0.15) is 5.75 Å². The Morgan fingerprint density at radius 1 is 1.18 bits per heavy atom. The molecule has 1 N–H and O–H groups in total. The number of sulfonamides is 1. The average Bonchev–Trinajstić information content (AvgIpc) is 2.53. The molecule has 4 nitrogen and oxygen atoms in total. The minimum atomic E-state index is -3.55. The molecule has 0 saturated carbocycles. The SMILES string of the molecule is COc1ccc(S(=O)(=O)NC[C@@H](C)c2ccccc2)cc1Br. The van der Waals surface area contributed by atoms with Crippen LogP contribution in [0.25, 0.3) is 0 Å². The highest BCUT2D eigenvalue weighted by Crippen LogP contribution is 2.27. The van der Waals surface area contributed by atoms with Crippen LogP contribution >= 0.6 is 15.9 Å². The van der Waals surface area contributed by atoms with E-state index in [-0.39, 0.29) is 10.8 Å². The number of halogens is 1. The maximum Gasteiger partial charge on any atom is 0.240 e. The summed E-state index contributed by atoms with van der Waals surface area (Å²) in [5.41, 5.74) is 1.10. The molecule has 22 heavy (non-hydrogen) atoms. The summed E-state index contributed by atoms with van der Waals surface area (Å²) in [6.45, 7) is 2.33. The fraction of sp³-hybridized carbons (Fsp3) is 0.250. The summed E-state index contributed by atoms with van der Waals surface area (Å²) in [6.07, 6.45) is 0. The van der Waals surface area contributed by atoms with Crippen molar-refractivity contribution in [1.82, 2.24) is 4.72 Å². The third kappa shape index (κ3) is 4.09. The second kappa shape index (κ2) is 7.26. The highest BCUT2D eigenvalue weighted by atomic mass is 79.9. The van der Waals surface area contributed by atoms with Crippen LogP contribution in [0, 0.1) is 0 Å². The minimum absolute atomic E-state index is 0.0951. The molecular weight excluding hydrogens is 366 g/mol. The third-order valence-electron chi connectivity index (χ3n) is 3.38. The zero-order valence-corrected chi connectivity index (χ0v) is 14.8. The fourth-order valence-electron chi connectivity index (χ4n) is 2.03. The van der Waals surface area contributed by atoms with Gasteiger partial charge in [-0.2, -0.15) is 0 Å². The van der Waals surface area contributed by atoms with Crippen LogP contribution in [0.1, 0.15) is 18.4 Å². The number of nitrogens with one attached hydrogen (secondary N) is 1. The summed E-state index contributed by atoms with van der Waals surface area (Å²) in [6, 6.07) is 14.5. The minimum Gasteiger partial charge on any atom is -0.496 e. The first kappa shape index (κ1) is 17.0. The Morgan fingerprint density at radius 3 is 2.45 bits per heavy atom. The quantitative estimate of drug-likeness (QED) is 0.829. The molecule has 0 aliphatic heterocycles. The molecule has 0 unspecified atom stereocenters. The van der Waals surface area contributed by atoms with Gasteiger partial charge in [0.2, 0.25) is 10.0 Å². The molecule has 0 spiro atoms. The highest BCUT2D eigenvalue weighted by Gasteiger charge is 2.17. The molecule has 2 rings (SSSR count). The zero-order valence-electron chi connectivity index (χ0n) is 12.4. The fourth-order valence-corrected chi connectivity index (χ4v) is 3.88. The average molecular weight is 384 g/mol. The Hall–Kier alpha value is -1.37. The first-order valence-corrected chi connectivity index (χ1v) is 9.10. The highest BCUT2D eigenvalue weighted by molar-refractivity contribution is 9.10. The number of hydrogen-bond donors (Lipinski definition) is 1. The van der Waals surface area contributed by atoms with Crippen molar-refractivity contribution in [2.24, 2.45) is 0 Å². The van der Waals surface area contributed by atoms with E-state index in [0.29, 0.717) is 16.8 Å². The van der Waals surface area contributed by atoms with Crippen LogP contribution in [0.5, 0.6) is 5.75 Å². The Balaban J connectivity index is 2.10. The standard InChI is InChI=1S/C16H18BrNO3S/c1-12(13-6-4-3-5-7-13)11-18-22(19,20)14-8-9-16(21-2)15(17)10-14/h3-10,12,18H,11H2,1-2H3/t12-/m1/s1. The normalized spacial score (nSPS) is 12.9. The van der Waals surface area contributed by atoms with Gasteiger partial charge in [-0.15, -0.1) is 0 Å². The molecule has 1 atom stereocenters. The van der Waals surface area contributed by atoms with Crippen LogP contribution in [0.15, 0.2) is 57.9 Å². The van der Waals surface area contributed by atoms with Crippen LogP contribution < -0.4 is 9.46 Å². The zero-order chi connectivity index (χ0) is 16.2. The van der Waals surface area contributed by atoms with Gasteiger partial charge in [-0.3, -0.25) is 0 Å². The van der Waals surface area contributed by atoms with Crippen LogP contribution in [-0.4, -0.2) is 22.1 Å². The van der Waals surface area contributed by atoms with Crippen LogP contribution in [0.2, 0.25) is 0 Å². The molecule has 0 heterocycles. The van der Waals surface area contributed by atoms with Gasteiger partial charge in [-0.25, -0.2) is 13.1 Å². The maximum absolute atomic E-state index is 12.3. The Labute approximate surface area is 139 Å². The van der Waals surface area contributed by atoms with Gasteiger partial charge < -0.3 is 4.74 Å². The summed E-state index contributed by atoms with van der Waals surface area (Å²) in [5, 5.41) is 0. The summed E-state index contributed by atoms with van der Waals surface area (Å²) in [5.74, 6) is 0.689. The monoisotopic (exact) mass is 383 g/mol. The van der Waals surface area contributed by atoms with Crippen molar-refractivity contribution in [3.63, 3.8) is 0 Å². The molecule has 0 amide bonds. The Morgan fingerprint density at radius 2 is 1.86 bits per heavy atom. The summed E-state index contributed by atoms with van der Waals surface area (Å²) in [4.78, 5) is 0.209. The molecule has 0 radical (unpaired) electrons. The van der Waals surface area contributed by atoms with Gasteiger partial charge in [0, 0.05) is 6.54 Å². The maximum atomic E-state index is 12.3. The van der Waals surface area contributed by atoms with Gasteiger partial charge in [-0.1, -0.05) is 37.3 Å². The van der Waals surface area contributed by atoms with Gasteiger partial charge in [0.05, 0.1) is 16.5 Å². The first-order valence-electron chi connectivity index (χ1n) is 6.82. The molecule has 2 aromatic carbocycles. The van der Waals surface area contributed by atoms with Crippen LogP contribution in [-0.2, 0) is 10.0 Å². The van der Waals surface area contributed by atoms with E-state index < -0.39 is 10.0 Å². The topological polar surface area (TPSA) is 55.4 Å². The second-order valence-corrected chi connectivity index (χ2v) is 7.58. The van der Waals surface area contributed by atoms with E-state index in [0.717, 1.165) is 5.56 Å². The van der Waals surface area contributed by atoms with Crippen molar-refractivity contribution >= 4 is 26.0 Å². The molecule has 2 aromatic rings. The van der Waals surface area contributed by atoms with E-state index in [2.05, 4.69) is 20.7 Å². The number of ether oxygens (including phenoxy) is 1. The van der Waals surface area contributed by atoms with Crippen molar-refractivity contribution in [2.45, 2.75) is 17.7 Å². The molecular formula is C16H18BrNO3S. The van der Waals surface area contributed by atoms with Crippen LogP contribution in [0.4, 0.5) is 0 Å². The van der Waals surface area contributed by atoms with E-state index >= 15 is 0 Å². The molecule has 0 aliphatic carbocycles. The predicted molar refractivity (Wildman–Crippen MR) is 90.7 cm³/mol. The lowest BCUT2D eigenvalue weighted by atomic mass is 10.0. The van der Waals surface area contributed by atoms with E-state index in [1.54, 1.807) is 6.07 Å². The largest absolute Gasteiger partial charge is 0.496 e. The van der Waals surface area contributed by atoms with Crippen molar-refractivity contribution in [3.05, 3.63) is 58.6 Å². The summed E-state index contributed by atoms with van der Waals surface area (Å²) >= 11 is 3.30. The Kier molecular flexibility index (Phi) is 5.61. The number of methoxy groups -OCH3 is 1. The molecule has 6 heteroatoms. The van der Waals surface area contributed by atoms with Gasteiger partial charge in [0.15, 0.2) is 0 Å². The third-order valence-corrected chi connectivity index (χ3v) is 5.42. The molecule has 0 aliphatic rings. The van der Waals surface area contributed by atoms with Crippen molar-refractivity contribution in [1.29, 1.82) is 0 Å². The molecule has 118 valence electrons. The van der Waals surface area contributed by atoms with Gasteiger partial charge in [-0.05, 0) is 45.6 Å². The predicted octanol–water partition coefficient (Wildman–Crippen LogP) is 3.54. The molecule has 0 saturated heterocycles. The van der Waals surface area contributed by atoms with E-state index in [1.807, 2.05) is 37.3 Å². The number of rotatable bonds is 6. The second-order valence-electron chi connectivity index (χ2n) is 4.96. The van der Waals surface area contributed by atoms with E-state index in [1.165, 1.54) is 19.2 Å². The van der Waals surface area contributed by atoms with Crippen molar-refractivity contribution in [2.75, 3.05) is 13.7 Å². The van der Waals surface area contributed by atoms with Gasteiger partial charge >= 0.3 is 0 Å². The van der Waals surface area contributed by atoms with E-state index in [9.17, 15) is 8.42 Å². The number of benzene rings is 2.